The van der Waals surface area contributed by atoms with Crippen molar-refractivity contribution >= 4 is 23.4 Å². The van der Waals surface area contributed by atoms with Crippen LogP contribution in [0.25, 0.3) is 0 Å². The van der Waals surface area contributed by atoms with Gasteiger partial charge < -0.3 is 19.3 Å². The third-order valence-electron chi connectivity index (χ3n) is 4.96. The first kappa shape index (κ1) is 20.4. The van der Waals surface area contributed by atoms with Crippen LogP contribution in [0.2, 0.25) is 0 Å². The average molecular weight is 416 g/mol. The number of rotatable bonds is 4. The summed E-state index contributed by atoms with van der Waals surface area (Å²) in [6.07, 6.45) is 0.575. The molecule has 0 spiro atoms. The average Bonchev–Trinajstić information content (AvgIpc) is 3.20. The number of benzene rings is 2. The molecule has 2 heterocycles. The van der Waals surface area contributed by atoms with E-state index in [1.807, 2.05) is 56.4 Å². The number of aliphatic imine (C=N–C) groups is 3. The summed E-state index contributed by atoms with van der Waals surface area (Å²) < 4.78 is 11.9. The SMILES string of the molecule is CN1CCN=C1c1cccc(OC2=NCCC(Oc3ccc(C#N)c(N(C)C)c3)=N2)c1. The predicted octanol–water partition coefficient (Wildman–Crippen LogP) is 2.93. The van der Waals surface area contributed by atoms with Crippen LogP contribution in [0, 0.1) is 11.3 Å². The summed E-state index contributed by atoms with van der Waals surface area (Å²) in [6, 6.07) is 15.6. The number of ether oxygens (including phenoxy) is 2. The third-order valence-corrected chi connectivity index (χ3v) is 4.96. The van der Waals surface area contributed by atoms with Gasteiger partial charge >= 0.3 is 6.02 Å². The van der Waals surface area contributed by atoms with Gasteiger partial charge in [0.1, 0.15) is 23.4 Å². The number of hydrogen-bond acceptors (Lipinski definition) is 8. The zero-order chi connectivity index (χ0) is 21.8. The van der Waals surface area contributed by atoms with Crippen LogP contribution < -0.4 is 14.4 Å². The monoisotopic (exact) mass is 416 g/mol. The van der Waals surface area contributed by atoms with Gasteiger partial charge in [-0.3, -0.25) is 4.99 Å². The molecule has 31 heavy (non-hydrogen) atoms. The molecule has 4 rings (SSSR count). The third kappa shape index (κ3) is 4.67. The van der Waals surface area contributed by atoms with Crippen molar-refractivity contribution in [1.82, 2.24) is 4.90 Å². The Morgan fingerprint density at radius 1 is 1.03 bits per heavy atom. The zero-order valence-corrected chi connectivity index (χ0v) is 17.9. The highest BCUT2D eigenvalue weighted by molar-refractivity contribution is 6.00. The molecule has 158 valence electrons. The van der Waals surface area contributed by atoms with E-state index in [4.69, 9.17) is 9.47 Å². The Bertz CT molecular complexity index is 1110. The van der Waals surface area contributed by atoms with Gasteiger partial charge in [0.2, 0.25) is 5.90 Å². The molecule has 2 aromatic rings. The van der Waals surface area contributed by atoms with E-state index in [1.54, 1.807) is 12.1 Å². The first-order valence-corrected chi connectivity index (χ1v) is 10.1. The topological polar surface area (TPSA) is 85.8 Å². The fourth-order valence-corrected chi connectivity index (χ4v) is 3.40. The van der Waals surface area contributed by atoms with Crippen molar-refractivity contribution in [3.63, 3.8) is 0 Å². The molecule has 0 N–H and O–H groups in total. The van der Waals surface area contributed by atoms with E-state index >= 15 is 0 Å². The predicted molar refractivity (Wildman–Crippen MR) is 122 cm³/mol. The molecule has 0 fully saturated rings. The summed E-state index contributed by atoms with van der Waals surface area (Å²) >= 11 is 0. The first-order valence-electron chi connectivity index (χ1n) is 10.1. The molecule has 2 aliphatic rings. The van der Waals surface area contributed by atoms with Crippen molar-refractivity contribution in [3.8, 4) is 17.6 Å². The van der Waals surface area contributed by atoms with Crippen molar-refractivity contribution in [3.05, 3.63) is 53.6 Å². The van der Waals surface area contributed by atoms with Crippen molar-refractivity contribution in [2.24, 2.45) is 15.0 Å². The van der Waals surface area contributed by atoms with Gasteiger partial charge in [-0.2, -0.15) is 10.3 Å². The Labute approximate surface area is 181 Å². The molecule has 0 atom stereocenters. The lowest BCUT2D eigenvalue weighted by Crippen LogP contribution is -2.23. The Balaban J connectivity index is 1.49. The normalized spacial score (nSPS) is 15.5. The largest absolute Gasteiger partial charge is 0.443 e. The Morgan fingerprint density at radius 2 is 1.87 bits per heavy atom. The van der Waals surface area contributed by atoms with Crippen molar-refractivity contribution in [1.29, 1.82) is 5.26 Å². The van der Waals surface area contributed by atoms with E-state index in [0.717, 1.165) is 30.2 Å². The molecule has 0 amide bonds. The van der Waals surface area contributed by atoms with Crippen LogP contribution in [0.3, 0.4) is 0 Å². The highest BCUT2D eigenvalue weighted by atomic mass is 16.5. The maximum atomic E-state index is 9.27. The summed E-state index contributed by atoms with van der Waals surface area (Å²) in [4.78, 5) is 17.4. The fraction of sp³-hybridized carbons (Fsp3) is 0.304. The Hall–Kier alpha value is -3.86. The smallest absolute Gasteiger partial charge is 0.320 e. The van der Waals surface area contributed by atoms with E-state index in [9.17, 15) is 5.26 Å². The van der Waals surface area contributed by atoms with Crippen molar-refractivity contribution in [2.75, 3.05) is 45.7 Å². The lowest BCUT2D eigenvalue weighted by atomic mass is 10.1. The minimum absolute atomic E-state index is 0.265. The summed E-state index contributed by atoms with van der Waals surface area (Å²) in [6.45, 7) is 2.25. The number of anilines is 1. The molecule has 0 aliphatic carbocycles. The minimum Gasteiger partial charge on any atom is -0.443 e. The minimum atomic E-state index is 0.265. The molecule has 8 nitrogen and oxygen atoms in total. The van der Waals surface area contributed by atoms with Crippen LogP contribution in [-0.2, 0) is 0 Å². The summed E-state index contributed by atoms with van der Waals surface area (Å²) in [5.74, 6) is 2.75. The molecule has 0 saturated heterocycles. The van der Waals surface area contributed by atoms with E-state index < -0.39 is 0 Å². The molecule has 0 radical (unpaired) electrons. The maximum Gasteiger partial charge on any atom is 0.320 e. The highest BCUT2D eigenvalue weighted by Crippen LogP contribution is 2.25. The quantitative estimate of drug-likeness (QED) is 0.765. The van der Waals surface area contributed by atoms with Gasteiger partial charge in [-0.05, 0) is 24.3 Å². The molecule has 2 aliphatic heterocycles. The molecular formula is C23H24N6O2. The molecular weight excluding hydrogens is 392 g/mol. The van der Waals surface area contributed by atoms with Crippen molar-refractivity contribution in [2.45, 2.75) is 6.42 Å². The number of amidine groups is 2. The summed E-state index contributed by atoms with van der Waals surface area (Å²) in [5, 5.41) is 9.27. The molecule has 0 saturated carbocycles. The fourth-order valence-electron chi connectivity index (χ4n) is 3.40. The second-order valence-electron chi connectivity index (χ2n) is 7.46. The lowest BCUT2D eigenvalue weighted by Gasteiger charge is -2.17. The van der Waals surface area contributed by atoms with E-state index in [0.29, 0.717) is 35.9 Å². The summed E-state index contributed by atoms with van der Waals surface area (Å²) in [5.41, 5.74) is 2.38. The molecule has 0 unspecified atom stereocenters. The van der Waals surface area contributed by atoms with E-state index in [2.05, 4.69) is 25.9 Å². The van der Waals surface area contributed by atoms with Crippen LogP contribution in [0.15, 0.2) is 57.4 Å². The van der Waals surface area contributed by atoms with Gasteiger partial charge in [-0.15, -0.1) is 0 Å². The molecule has 0 bridgehead atoms. The van der Waals surface area contributed by atoms with Gasteiger partial charge in [0.05, 0.1) is 24.3 Å². The van der Waals surface area contributed by atoms with Crippen LogP contribution in [0.4, 0.5) is 5.69 Å². The highest BCUT2D eigenvalue weighted by Gasteiger charge is 2.17. The molecule has 0 aromatic heterocycles. The number of nitrogens with zero attached hydrogens (tertiary/aromatic N) is 6. The zero-order valence-electron chi connectivity index (χ0n) is 17.9. The number of hydrogen-bond donors (Lipinski definition) is 0. The van der Waals surface area contributed by atoms with Gasteiger partial charge in [0, 0.05) is 45.7 Å². The molecule has 2 aromatic carbocycles. The Morgan fingerprint density at radius 3 is 2.61 bits per heavy atom. The van der Waals surface area contributed by atoms with Crippen LogP contribution in [0.1, 0.15) is 17.5 Å². The van der Waals surface area contributed by atoms with Crippen LogP contribution in [0.5, 0.6) is 11.5 Å². The standard InChI is InChI=1S/C23H24N6O2/c1-28(2)20-14-19(8-7-17(20)15-24)30-21-9-10-26-23(27-21)31-18-6-4-5-16(13-18)22-25-11-12-29(22)3/h4-8,13-14H,9-12H2,1-3H3. The van der Waals surface area contributed by atoms with E-state index in [1.165, 1.54) is 0 Å². The van der Waals surface area contributed by atoms with Gasteiger partial charge in [0.15, 0.2) is 0 Å². The number of nitriles is 1. The lowest BCUT2D eigenvalue weighted by molar-refractivity contribution is 0.503. The molecule has 8 heteroatoms. The maximum absolute atomic E-state index is 9.27. The van der Waals surface area contributed by atoms with Gasteiger partial charge in [0.25, 0.3) is 0 Å². The Kier molecular flexibility index (Phi) is 5.85. The second-order valence-corrected chi connectivity index (χ2v) is 7.46. The summed E-state index contributed by atoms with van der Waals surface area (Å²) in [7, 11) is 5.81. The second kappa shape index (κ2) is 8.88. The van der Waals surface area contributed by atoms with Gasteiger partial charge in [-0.1, -0.05) is 12.1 Å². The van der Waals surface area contributed by atoms with Crippen molar-refractivity contribution < 1.29 is 9.47 Å². The van der Waals surface area contributed by atoms with Gasteiger partial charge in [-0.25, -0.2) is 4.99 Å². The van der Waals surface area contributed by atoms with Crippen LogP contribution >= 0.6 is 0 Å². The van der Waals surface area contributed by atoms with E-state index in [-0.39, 0.29) is 6.02 Å². The van der Waals surface area contributed by atoms with Crippen LogP contribution in [-0.4, -0.2) is 63.4 Å². The first-order chi connectivity index (χ1) is 15.0. The number of likely N-dealkylation sites (N-methyl/N-ethyl adjacent to an activating group) is 1.